The van der Waals surface area contributed by atoms with Crippen LogP contribution in [0.1, 0.15) is 5.56 Å². The number of benzene rings is 1. The molecule has 0 fully saturated rings. The zero-order chi connectivity index (χ0) is 11.8. The Labute approximate surface area is 99.0 Å². The summed E-state index contributed by atoms with van der Waals surface area (Å²) < 4.78 is 1.83. The van der Waals surface area contributed by atoms with E-state index < -0.39 is 0 Å². The Bertz CT molecular complexity index is 686. The molecule has 17 heavy (non-hydrogen) atoms. The third-order valence-electron chi connectivity index (χ3n) is 2.88. The summed E-state index contributed by atoms with van der Waals surface area (Å²) in [5, 5.41) is 9.72. The van der Waals surface area contributed by atoms with Gasteiger partial charge in [-0.3, -0.25) is 0 Å². The van der Waals surface area contributed by atoms with Gasteiger partial charge in [0.2, 0.25) is 0 Å². The van der Waals surface area contributed by atoms with Crippen LogP contribution in [0.25, 0.3) is 16.9 Å². The van der Waals surface area contributed by atoms with Crippen molar-refractivity contribution in [2.24, 2.45) is 0 Å². The molecule has 0 saturated carbocycles. The number of rotatable bonds is 1. The van der Waals surface area contributed by atoms with Crippen LogP contribution in [0.2, 0.25) is 0 Å². The van der Waals surface area contributed by atoms with Crippen LogP contribution in [0.3, 0.4) is 0 Å². The Kier molecular flexibility index (Phi) is 2.11. The molecule has 2 heterocycles. The average Bonchev–Trinajstić information content (AvgIpc) is 2.75. The molecule has 0 saturated heterocycles. The molecule has 2 aromatic heterocycles. The lowest BCUT2D eigenvalue weighted by Crippen LogP contribution is -1.81. The highest BCUT2D eigenvalue weighted by molar-refractivity contribution is 5.68. The summed E-state index contributed by atoms with van der Waals surface area (Å²) in [6.07, 6.45) is 3.81. The summed E-state index contributed by atoms with van der Waals surface area (Å²) >= 11 is 0. The van der Waals surface area contributed by atoms with E-state index in [0.29, 0.717) is 5.65 Å². The molecule has 84 valence electrons. The van der Waals surface area contributed by atoms with E-state index >= 15 is 0 Å². The highest BCUT2D eigenvalue weighted by Gasteiger charge is 2.08. The van der Waals surface area contributed by atoms with Gasteiger partial charge in [0.05, 0.1) is 5.69 Å². The zero-order valence-electron chi connectivity index (χ0n) is 9.46. The van der Waals surface area contributed by atoms with Crippen molar-refractivity contribution < 1.29 is 5.11 Å². The SMILES string of the molecule is Cc1ccccc1-c1cn2cccc(O)c2n1. The Morgan fingerprint density at radius 3 is 2.71 bits per heavy atom. The van der Waals surface area contributed by atoms with Crippen molar-refractivity contribution >= 4 is 5.65 Å². The minimum atomic E-state index is 0.201. The van der Waals surface area contributed by atoms with Crippen LogP contribution >= 0.6 is 0 Å². The first kappa shape index (κ1) is 9.90. The highest BCUT2D eigenvalue weighted by atomic mass is 16.3. The Morgan fingerprint density at radius 1 is 1.12 bits per heavy atom. The minimum absolute atomic E-state index is 0.201. The largest absolute Gasteiger partial charge is 0.504 e. The van der Waals surface area contributed by atoms with Crippen LogP contribution < -0.4 is 0 Å². The fourth-order valence-electron chi connectivity index (χ4n) is 1.99. The monoisotopic (exact) mass is 224 g/mol. The van der Waals surface area contributed by atoms with Gasteiger partial charge in [-0.15, -0.1) is 0 Å². The molecule has 0 atom stereocenters. The normalized spacial score (nSPS) is 10.9. The number of aryl methyl sites for hydroxylation is 1. The fraction of sp³-hybridized carbons (Fsp3) is 0.0714. The number of imidazole rings is 1. The maximum Gasteiger partial charge on any atom is 0.180 e. The number of hydrogen-bond acceptors (Lipinski definition) is 2. The smallest absolute Gasteiger partial charge is 0.180 e. The molecule has 0 bridgehead atoms. The van der Waals surface area contributed by atoms with Crippen LogP contribution in [0.4, 0.5) is 0 Å². The first-order valence-corrected chi connectivity index (χ1v) is 5.48. The molecular weight excluding hydrogens is 212 g/mol. The molecule has 3 heteroatoms. The molecule has 1 aromatic carbocycles. The minimum Gasteiger partial charge on any atom is -0.504 e. The van der Waals surface area contributed by atoms with E-state index in [1.165, 1.54) is 5.56 Å². The third kappa shape index (κ3) is 1.56. The lowest BCUT2D eigenvalue weighted by atomic mass is 10.1. The Hall–Kier alpha value is -2.29. The van der Waals surface area contributed by atoms with Crippen molar-refractivity contribution in [3.8, 4) is 17.0 Å². The summed E-state index contributed by atoms with van der Waals surface area (Å²) in [5.74, 6) is 0.201. The predicted molar refractivity (Wildman–Crippen MR) is 67.0 cm³/mol. The summed E-state index contributed by atoms with van der Waals surface area (Å²) in [7, 11) is 0. The topological polar surface area (TPSA) is 37.5 Å². The van der Waals surface area contributed by atoms with Crippen LogP contribution in [-0.2, 0) is 0 Å². The van der Waals surface area contributed by atoms with Crippen molar-refractivity contribution in [3.05, 3.63) is 54.4 Å². The van der Waals surface area contributed by atoms with E-state index in [2.05, 4.69) is 18.0 Å². The molecule has 3 aromatic rings. The van der Waals surface area contributed by atoms with Crippen LogP contribution in [-0.4, -0.2) is 14.5 Å². The average molecular weight is 224 g/mol. The van der Waals surface area contributed by atoms with Crippen molar-refractivity contribution in [2.75, 3.05) is 0 Å². The molecule has 0 radical (unpaired) electrons. The van der Waals surface area contributed by atoms with Crippen LogP contribution in [0, 0.1) is 6.92 Å². The van der Waals surface area contributed by atoms with Crippen molar-refractivity contribution in [1.29, 1.82) is 0 Å². The molecule has 0 unspecified atom stereocenters. The molecule has 3 nitrogen and oxygen atoms in total. The lowest BCUT2D eigenvalue weighted by Gasteiger charge is -1.99. The van der Waals surface area contributed by atoms with Crippen LogP contribution in [0.15, 0.2) is 48.8 Å². The second kappa shape index (κ2) is 3.63. The standard InChI is InChI=1S/C14H12N2O/c1-10-5-2-3-6-11(10)12-9-16-8-4-7-13(17)14(16)15-12/h2-9,17H,1H3. The van der Waals surface area contributed by atoms with E-state index in [4.69, 9.17) is 0 Å². The number of nitrogens with zero attached hydrogens (tertiary/aromatic N) is 2. The van der Waals surface area contributed by atoms with E-state index in [1.807, 2.05) is 35.0 Å². The van der Waals surface area contributed by atoms with Gasteiger partial charge in [-0.25, -0.2) is 4.98 Å². The van der Waals surface area contributed by atoms with E-state index in [1.54, 1.807) is 12.1 Å². The third-order valence-corrected chi connectivity index (χ3v) is 2.88. The number of aromatic hydroxyl groups is 1. The number of aromatic nitrogens is 2. The molecule has 0 spiro atoms. The summed E-state index contributed by atoms with van der Waals surface area (Å²) in [6.45, 7) is 2.05. The van der Waals surface area contributed by atoms with Gasteiger partial charge in [-0.05, 0) is 24.6 Å². The molecule has 0 aliphatic heterocycles. The first-order valence-electron chi connectivity index (χ1n) is 5.48. The van der Waals surface area contributed by atoms with Gasteiger partial charge in [0, 0.05) is 18.0 Å². The quantitative estimate of drug-likeness (QED) is 0.690. The number of pyridine rings is 1. The predicted octanol–water partition coefficient (Wildman–Crippen LogP) is 3.02. The van der Waals surface area contributed by atoms with Gasteiger partial charge in [0.25, 0.3) is 0 Å². The second-order valence-corrected chi connectivity index (χ2v) is 4.07. The zero-order valence-corrected chi connectivity index (χ0v) is 9.46. The molecule has 0 amide bonds. The van der Waals surface area contributed by atoms with Gasteiger partial charge >= 0.3 is 0 Å². The molecule has 1 N–H and O–H groups in total. The molecular formula is C14H12N2O. The summed E-state index contributed by atoms with van der Waals surface area (Å²) in [4.78, 5) is 4.46. The van der Waals surface area contributed by atoms with Gasteiger partial charge in [0.15, 0.2) is 11.4 Å². The fourth-order valence-corrected chi connectivity index (χ4v) is 1.99. The maximum absolute atomic E-state index is 9.72. The number of fused-ring (bicyclic) bond motifs is 1. The molecule has 3 rings (SSSR count). The van der Waals surface area contributed by atoms with Crippen molar-refractivity contribution in [3.63, 3.8) is 0 Å². The van der Waals surface area contributed by atoms with Crippen molar-refractivity contribution in [1.82, 2.24) is 9.38 Å². The lowest BCUT2D eigenvalue weighted by molar-refractivity contribution is 0.477. The maximum atomic E-state index is 9.72. The van der Waals surface area contributed by atoms with E-state index in [-0.39, 0.29) is 5.75 Å². The van der Waals surface area contributed by atoms with Gasteiger partial charge in [-0.1, -0.05) is 24.3 Å². The number of hydrogen-bond donors (Lipinski definition) is 1. The first-order chi connectivity index (χ1) is 8.25. The Morgan fingerprint density at radius 2 is 1.94 bits per heavy atom. The van der Waals surface area contributed by atoms with Gasteiger partial charge in [0.1, 0.15) is 0 Å². The van der Waals surface area contributed by atoms with Gasteiger partial charge < -0.3 is 9.51 Å². The van der Waals surface area contributed by atoms with E-state index in [0.717, 1.165) is 11.3 Å². The molecule has 0 aliphatic carbocycles. The van der Waals surface area contributed by atoms with Crippen LogP contribution in [0.5, 0.6) is 5.75 Å². The van der Waals surface area contributed by atoms with Gasteiger partial charge in [-0.2, -0.15) is 0 Å². The molecule has 0 aliphatic rings. The highest BCUT2D eigenvalue weighted by Crippen LogP contribution is 2.25. The Balaban J connectivity index is 2.26. The van der Waals surface area contributed by atoms with E-state index in [9.17, 15) is 5.11 Å². The second-order valence-electron chi connectivity index (χ2n) is 4.07. The summed E-state index contributed by atoms with van der Waals surface area (Å²) in [6, 6.07) is 11.5. The summed E-state index contributed by atoms with van der Waals surface area (Å²) in [5.41, 5.74) is 3.74. The van der Waals surface area contributed by atoms with Crippen molar-refractivity contribution in [2.45, 2.75) is 6.92 Å².